The lowest BCUT2D eigenvalue weighted by molar-refractivity contribution is 0.223. The zero-order valence-corrected chi connectivity index (χ0v) is 18.7. The zero-order chi connectivity index (χ0) is 20.9. The molecule has 1 aliphatic heterocycles. The van der Waals surface area contributed by atoms with E-state index in [-0.39, 0.29) is 11.2 Å². The SMILES string of the molecule is CCNC(=NCC(C)(C)C1CCCC1)N1CCN(S(=O)(=O)Cc2ccon2)CC1. The minimum absolute atomic E-state index is 0.118. The summed E-state index contributed by atoms with van der Waals surface area (Å²) in [6.45, 7) is 10.5. The Bertz CT molecular complexity index is 762. The smallest absolute Gasteiger partial charge is 0.220 e. The van der Waals surface area contributed by atoms with Crippen LogP contribution in [0.1, 0.15) is 52.1 Å². The second kappa shape index (κ2) is 9.47. The maximum Gasteiger partial charge on any atom is 0.220 e. The Labute approximate surface area is 174 Å². The lowest BCUT2D eigenvalue weighted by atomic mass is 9.78. The molecule has 9 heteroatoms. The second-order valence-electron chi connectivity index (χ2n) is 8.77. The fraction of sp³-hybridized carbons (Fsp3) is 0.800. The molecule has 1 aromatic heterocycles. The Balaban J connectivity index is 1.59. The van der Waals surface area contributed by atoms with Crippen molar-refractivity contribution in [1.82, 2.24) is 19.7 Å². The molecule has 2 fully saturated rings. The molecule has 29 heavy (non-hydrogen) atoms. The molecule has 0 amide bonds. The molecule has 0 unspecified atom stereocenters. The molecule has 3 rings (SSSR count). The highest BCUT2D eigenvalue weighted by atomic mass is 32.2. The van der Waals surface area contributed by atoms with Crippen LogP contribution in [0.3, 0.4) is 0 Å². The maximum absolute atomic E-state index is 12.6. The van der Waals surface area contributed by atoms with Crippen LogP contribution in [0.25, 0.3) is 0 Å². The van der Waals surface area contributed by atoms with Gasteiger partial charge in [0.15, 0.2) is 5.96 Å². The molecule has 0 spiro atoms. The van der Waals surface area contributed by atoms with Gasteiger partial charge in [0, 0.05) is 45.3 Å². The number of guanidine groups is 1. The summed E-state index contributed by atoms with van der Waals surface area (Å²) in [6.07, 6.45) is 6.68. The molecule has 0 bridgehead atoms. The van der Waals surface area contributed by atoms with Crippen molar-refractivity contribution in [1.29, 1.82) is 0 Å². The van der Waals surface area contributed by atoms with E-state index in [1.54, 1.807) is 10.4 Å². The molecule has 2 aliphatic rings. The van der Waals surface area contributed by atoms with E-state index in [2.05, 4.69) is 36.1 Å². The third kappa shape index (κ3) is 5.72. The molecule has 1 saturated carbocycles. The molecule has 1 aliphatic carbocycles. The van der Waals surface area contributed by atoms with Crippen LogP contribution in [0, 0.1) is 11.3 Å². The van der Waals surface area contributed by atoms with E-state index >= 15 is 0 Å². The first-order valence-corrected chi connectivity index (χ1v) is 12.3. The lowest BCUT2D eigenvalue weighted by Crippen LogP contribution is -2.54. The molecule has 1 saturated heterocycles. The number of nitrogens with one attached hydrogen (secondary N) is 1. The van der Waals surface area contributed by atoms with Gasteiger partial charge in [0.25, 0.3) is 0 Å². The Kier molecular flexibility index (Phi) is 7.21. The summed E-state index contributed by atoms with van der Waals surface area (Å²) in [5.74, 6) is 1.52. The first-order valence-electron chi connectivity index (χ1n) is 10.7. The van der Waals surface area contributed by atoms with Crippen molar-refractivity contribution in [2.24, 2.45) is 16.3 Å². The number of aromatic nitrogens is 1. The molecule has 2 heterocycles. The summed E-state index contributed by atoms with van der Waals surface area (Å²) in [7, 11) is -3.39. The Morgan fingerprint density at radius 2 is 1.97 bits per heavy atom. The summed E-state index contributed by atoms with van der Waals surface area (Å²) in [6, 6.07) is 1.59. The van der Waals surface area contributed by atoms with Gasteiger partial charge >= 0.3 is 0 Å². The number of hydrogen-bond acceptors (Lipinski definition) is 5. The third-order valence-corrected chi connectivity index (χ3v) is 8.00. The van der Waals surface area contributed by atoms with E-state index in [1.165, 1.54) is 31.9 Å². The van der Waals surface area contributed by atoms with Crippen molar-refractivity contribution in [2.75, 3.05) is 39.3 Å². The van der Waals surface area contributed by atoms with E-state index in [0.29, 0.717) is 31.9 Å². The van der Waals surface area contributed by atoms with Crippen molar-refractivity contribution in [3.8, 4) is 0 Å². The highest BCUT2D eigenvalue weighted by molar-refractivity contribution is 7.88. The predicted molar refractivity (Wildman–Crippen MR) is 114 cm³/mol. The molecular weight excluding hydrogens is 390 g/mol. The average molecular weight is 426 g/mol. The maximum atomic E-state index is 12.6. The highest BCUT2D eigenvalue weighted by Gasteiger charge is 2.33. The average Bonchev–Trinajstić information content (AvgIpc) is 3.39. The molecule has 8 nitrogen and oxygen atoms in total. The van der Waals surface area contributed by atoms with Crippen LogP contribution >= 0.6 is 0 Å². The minimum Gasteiger partial charge on any atom is -0.364 e. The Hall–Kier alpha value is -1.61. The highest BCUT2D eigenvalue weighted by Crippen LogP contribution is 2.39. The number of sulfonamides is 1. The molecule has 0 atom stereocenters. The molecule has 1 aromatic rings. The number of nitrogens with zero attached hydrogens (tertiary/aromatic N) is 4. The topological polar surface area (TPSA) is 91.0 Å². The van der Waals surface area contributed by atoms with Crippen LogP contribution in [-0.2, 0) is 15.8 Å². The van der Waals surface area contributed by atoms with Crippen molar-refractivity contribution in [2.45, 2.75) is 52.2 Å². The van der Waals surface area contributed by atoms with Crippen LogP contribution in [-0.4, -0.2) is 68.0 Å². The summed E-state index contributed by atoms with van der Waals surface area (Å²) < 4.78 is 31.6. The molecule has 0 aromatic carbocycles. The number of piperazine rings is 1. The lowest BCUT2D eigenvalue weighted by Gasteiger charge is -2.36. The van der Waals surface area contributed by atoms with E-state index in [1.807, 2.05) is 0 Å². The van der Waals surface area contributed by atoms with Crippen LogP contribution in [0.5, 0.6) is 0 Å². The standard InChI is InChI=1S/C20H35N5O3S/c1-4-21-19(22-16-20(2,3)17-7-5-6-8-17)24-10-12-25(13-11-24)29(26,27)15-18-9-14-28-23-18/h9,14,17H,4-8,10-13,15-16H2,1-3H3,(H,21,22). The van der Waals surface area contributed by atoms with Gasteiger partial charge in [-0.15, -0.1) is 0 Å². The van der Waals surface area contributed by atoms with Crippen molar-refractivity contribution in [3.05, 3.63) is 18.0 Å². The van der Waals surface area contributed by atoms with Gasteiger partial charge in [0.2, 0.25) is 10.0 Å². The van der Waals surface area contributed by atoms with Gasteiger partial charge in [0.05, 0.1) is 5.69 Å². The van der Waals surface area contributed by atoms with Crippen LogP contribution < -0.4 is 5.32 Å². The van der Waals surface area contributed by atoms with Gasteiger partial charge in [-0.2, -0.15) is 4.31 Å². The molecule has 0 radical (unpaired) electrons. The van der Waals surface area contributed by atoms with E-state index in [4.69, 9.17) is 9.52 Å². The van der Waals surface area contributed by atoms with Crippen molar-refractivity contribution < 1.29 is 12.9 Å². The zero-order valence-electron chi connectivity index (χ0n) is 17.9. The molecule has 164 valence electrons. The Morgan fingerprint density at radius 3 is 2.55 bits per heavy atom. The number of rotatable bonds is 7. The van der Waals surface area contributed by atoms with E-state index in [9.17, 15) is 8.42 Å². The fourth-order valence-electron chi connectivity index (χ4n) is 4.31. The minimum atomic E-state index is -3.39. The quantitative estimate of drug-likeness (QED) is 0.532. The van der Waals surface area contributed by atoms with Crippen molar-refractivity contribution >= 4 is 16.0 Å². The molecule has 1 N–H and O–H groups in total. The summed E-state index contributed by atoms with van der Waals surface area (Å²) >= 11 is 0. The van der Waals surface area contributed by atoms with E-state index in [0.717, 1.165) is 25.0 Å². The first kappa shape index (κ1) is 22.1. The summed E-state index contributed by atoms with van der Waals surface area (Å²) in [5, 5.41) is 7.11. The predicted octanol–water partition coefficient (Wildman–Crippen LogP) is 2.30. The fourth-order valence-corrected chi connectivity index (χ4v) is 5.73. The van der Waals surface area contributed by atoms with Crippen LogP contribution in [0.2, 0.25) is 0 Å². The van der Waals surface area contributed by atoms with Gasteiger partial charge in [-0.3, -0.25) is 4.99 Å². The van der Waals surface area contributed by atoms with Crippen LogP contribution in [0.4, 0.5) is 0 Å². The number of aliphatic imine (C=N–C) groups is 1. The van der Waals surface area contributed by atoms with E-state index < -0.39 is 10.0 Å². The van der Waals surface area contributed by atoms with Gasteiger partial charge < -0.3 is 14.7 Å². The monoisotopic (exact) mass is 425 g/mol. The van der Waals surface area contributed by atoms with Gasteiger partial charge in [-0.05, 0) is 31.1 Å². The third-order valence-electron chi connectivity index (χ3n) is 6.18. The molecular formula is C20H35N5O3S. The Morgan fingerprint density at radius 1 is 1.28 bits per heavy atom. The van der Waals surface area contributed by atoms with Gasteiger partial charge in [-0.25, -0.2) is 8.42 Å². The summed E-state index contributed by atoms with van der Waals surface area (Å²) in [5.41, 5.74) is 0.636. The van der Waals surface area contributed by atoms with Crippen LogP contribution in [0.15, 0.2) is 21.8 Å². The second-order valence-corrected chi connectivity index (χ2v) is 10.7. The largest absolute Gasteiger partial charge is 0.364 e. The van der Waals surface area contributed by atoms with Crippen molar-refractivity contribution in [3.63, 3.8) is 0 Å². The van der Waals surface area contributed by atoms with Gasteiger partial charge in [-0.1, -0.05) is 31.8 Å². The first-order chi connectivity index (χ1) is 13.8. The van der Waals surface area contributed by atoms with Gasteiger partial charge in [0.1, 0.15) is 12.0 Å². The number of hydrogen-bond donors (Lipinski definition) is 1. The normalized spacial score (nSPS) is 20.4. The summed E-state index contributed by atoms with van der Waals surface area (Å²) in [4.78, 5) is 7.12.